The van der Waals surface area contributed by atoms with E-state index in [-0.39, 0.29) is 5.91 Å². The zero-order chi connectivity index (χ0) is 11.4. The molecule has 1 aromatic rings. The molecule has 2 N–H and O–H groups in total. The van der Waals surface area contributed by atoms with Crippen LogP contribution in [0, 0.1) is 5.92 Å². The molecule has 1 fully saturated rings. The molecule has 0 aliphatic carbocycles. The molecule has 0 radical (unpaired) electrons. The minimum absolute atomic E-state index is 0.191. The van der Waals surface area contributed by atoms with E-state index in [0.717, 1.165) is 25.3 Å². The molecule has 2 rings (SSSR count). The number of nitrogens with one attached hydrogen (secondary N) is 2. The average molecular weight is 221 g/mol. The monoisotopic (exact) mass is 221 g/mol. The second kappa shape index (κ2) is 5.16. The molecular formula is C12H19N3O. The van der Waals surface area contributed by atoms with Crippen molar-refractivity contribution in [3.05, 3.63) is 18.3 Å². The Labute approximate surface area is 96.0 Å². The smallest absolute Gasteiger partial charge is 0.228 e. The number of H-pyrrole nitrogens is 1. The van der Waals surface area contributed by atoms with E-state index >= 15 is 0 Å². The number of carbonyl (C=O) groups excluding carboxylic acids is 1. The predicted molar refractivity (Wildman–Crippen MR) is 64.4 cm³/mol. The summed E-state index contributed by atoms with van der Waals surface area (Å²) in [7, 11) is 1.82. The van der Waals surface area contributed by atoms with Gasteiger partial charge in [0, 0.05) is 19.7 Å². The van der Waals surface area contributed by atoms with Gasteiger partial charge in [0.05, 0.1) is 0 Å². The van der Waals surface area contributed by atoms with Crippen molar-refractivity contribution in [1.82, 2.24) is 10.3 Å². The van der Waals surface area contributed by atoms with E-state index in [4.69, 9.17) is 0 Å². The lowest BCUT2D eigenvalue weighted by Gasteiger charge is -2.24. The Balaban J connectivity index is 1.87. The molecule has 2 heterocycles. The van der Waals surface area contributed by atoms with Crippen molar-refractivity contribution in [2.24, 2.45) is 5.92 Å². The van der Waals surface area contributed by atoms with E-state index in [1.807, 2.05) is 25.4 Å². The van der Waals surface area contributed by atoms with E-state index in [2.05, 4.69) is 10.3 Å². The summed E-state index contributed by atoms with van der Waals surface area (Å²) in [5.74, 6) is 1.56. The lowest BCUT2D eigenvalue weighted by Crippen LogP contribution is -2.35. The molecule has 4 heteroatoms. The number of amides is 1. The fraction of sp³-hybridized carbons (Fsp3) is 0.583. The van der Waals surface area contributed by atoms with Crippen LogP contribution in [0.5, 0.6) is 0 Å². The van der Waals surface area contributed by atoms with Crippen LogP contribution in [0.1, 0.15) is 19.3 Å². The van der Waals surface area contributed by atoms with E-state index in [0.29, 0.717) is 12.3 Å². The zero-order valence-corrected chi connectivity index (χ0v) is 9.70. The van der Waals surface area contributed by atoms with Gasteiger partial charge in [0.1, 0.15) is 5.82 Å². The molecule has 88 valence electrons. The fourth-order valence-corrected chi connectivity index (χ4v) is 2.15. The van der Waals surface area contributed by atoms with Crippen molar-refractivity contribution >= 4 is 11.7 Å². The van der Waals surface area contributed by atoms with Crippen molar-refractivity contribution in [2.75, 3.05) is 25.0 Å². The topological polar surface area (TPSA) is 48.1 Å². The first-order valence-corrected chi connectivity index (χ1v) is 5.88. The highest BCUT2D eigenvalue weighted by atomic mass is 16.2. The highest BCUT2D eigenvalue weighted by Crippen LogP contribution is 2.17. The van der Waals surface area contributed by atoms with Gasteiger partial charge in [-0.15, -0.1) is 0 Å². The number of aromatic nitrogens is 1. The standard InChI is InChI=1S/C12H19N3O/c1-15(11-5-3-7-14-11)12(16)8-10-4-2-6-13-9-10/h3,5,7,10,13-14H,2,4,6,8-9H2,1H3. The van der Waals surface area contributed by atoms with E-state index in [9.17, 15) is 4.79 Å². The minimum atomic E-state index is 0.191. The third-order valence-electron chi connectivity index (χ3n) is 3.18. The van der Waals surface area contributed by atoms with Crippen molar-refractivity contribution < 1.29 is 4.79 Å². The second-order valence-corrected chi connectivity index (χ2v) is 4.42. The lowest BCUT2D eigenvalue weighted by molar-refractivity contribution is -0.119. The van der Waals surface area contributed by atoms with Crippen LogP contribution in [0.15, 0.2) is 18.3 Å². The Morgan fingerprint density at radius 1 is 1.62 bits per heavy atom. The Morgan fingerprint density at radius 2 is 2.50 bits per heavy atom. The molecule has 0 saturated carbocycles. The summed E-state index contributed by atoms with van der Waals surface area (Å²) in [6.45, 7) is 2.07. The van der Waals surface area contributed by atoms with Gasteiger partial charge >= 0.3 is 0 Å². The summed E-state index contributed by atoms with van der Waals surface area (Å²) >= 11 is 0. The van der Waals surface area contributed by atoms with Gasteiger partial charge in [0.2, 0.25) is 5.91 Å². The summed E-state index contributed by atoms with van der Waals surface area (Å²) < 4.78 is 0. The molecule has 1 aliphatic heterocycles. The minimum Gasteiger partial charge on any atom is -0.348 e. The van der Waals surface area contributed by atoms with Crippen molar-refractivity contribution in [3.8, 4) is 0 Å². The summed E-state index contributed by atoms with van der Waals surface area (Å²) in [6, 6.07) is 3.82. The van der Waals surface area contributed by atoms with Gasteiger partial charge < -0.3 is 15.2 Å². The van der Waals surface area contributed by atoms with Crippen LogP contribution >= 0.6 is 0 Å². The summed E-state index contributed by atoms with van der Waals surface area (Å²) in [5.41, 5.74) is 0. The maximum Gasteiger partial charge on any atom is 0.228 e. The first-order valence-electron chi connectivity index (χ1n) is 5.88. The number of anilines is 1. The van der Waals surface area contributed by atoms with Crippen LogP contribution in [-0.4, -0.2) is 31.0 Å². The quantitative estimate of drug-likeness (QED) is 0.809. The molecule has 0 aromatic carbocycles. The molecular weight excluding hydrogens is 202 g/mol. The summed E-state index contributed by atoms with van der Waals surface area (Å²) in [6.07, 6.45) is 4.82. The number of aromatic amines is 1. The maximum absolute atomic E-state index is 12.0. The molecule has 1 amide bonds. The Morgan fingerprint density at radius 3 is 3.12 bits per heavy atom. The summed E-state index contributed by atoms with van der Waals surface area (Å²) in [4.78, 5) is 16.7. The predicted octanol–water partition coefficient (Wildman–Crippen LogP) is 1.37. The zero-order valence-electron chi connectivity index (χ0n) is 9.70. The number of hydrogen-bond acceptors (Lipinski definition) is 2. The fourth-order valence-electron chi connectivity index (χ4n) is 2.15. The highest BCUT2D eigenvalue weighted by Gasteiger charge is 2.19. The molecule has 4 nitrogen and oxygen atoms in total. The van der Waals surface area contributed by atoms with Crippen LogP contribution in [0.4, 0.5) is 5.82 Å². The molecule has 0 spiro atoms. The van der Waals surface area contributed by atoms with E-state index < -0.39 is 0 Å². The SMILES string of the molecule is CN(C(=O)CC1CCCNC1)c1ccc[nH]1. The van der Waals surface area contributed by atoms with Crippen LogP contribution in [0.25, 0.3) is 0 Å². The molecule has 1 aliphatic rings. The average Bonchev–Trinajstić information content (AvgIpc) is 2.83. The van der Waals surface area contributed by atoms with Gasteiger partial charge in [-0.2, -0.15) is 0 Å². The number of rotatable bonds is 3. The first kappa shape index (κ1) is 11.2. The molecule has 1 unspecified atom stereocenters. The molecule has 0 bridgehead atoms. The van der Waals surface area contributed by atoms with Crippen LogP contribution in [-0.2, 0) is 4.79 Å². The van der Waals surface area contributed by atoms with Crippen LogP contribution in [0.3, 0.4) is 0 Å². The normalized spacial score (nSPS) is 20.7. The third-order valence-corrected chi connectivity index (χ3v) is 3.18. The van der Waals surface area contributed by atoms with Gasteiger partial charge in [-0.3, -0.25) is 4.79 Å². The lowest BCUT2D eigenvalue weighted by atomic mass is 9.96. The van der Waals surface area contributed by atoms with Gasteiger partial charge in [-0.05, 0) is 44.0 Å². The number of hydrogen-bond donors (Lipinski definition) is 2. The molecule has 1 saturated heterocycles. The van der Waals surface area contributed by atoms with Crippen LogP contribution < -0.4 is 10.2 Å². The van der Waals surface area contributed by atoms with Gasteiger partial charge in [0.15, 0.2) is 0 Å². The first-order chi connectivity index (χ1) is 7.77. The second-order valence-electron chi connectivity index (χ2n) is 4.42. The Hall–Kier alpha value is -1.29. The molecule has 16 heavy (non-hydrogen) atoms. The molecule has 1 atom stereocenters. The number of nitrogens with zero attached hydrogens (tertiary/aromatic N) is 1. The summed E-state index contributed by atoms with van der Waals surface area (Å²) in [5, 5.41) is 3.34. The van der Waals surface area contributed by atoms with E-state index in [1.54, 1.807) is 4.90 Å². The van der Waals surface area contributed by atoms with E-state index in [1.165, 1.54) is 6.42 Å². The van der Waals surface area contributed by atoms with Gasteiger partial charge in [0.25, 0.3) is 0 Å². The van der Waals surface area contributed by atoms with Gasteiger partial charge in [-0.25, -0.2) is 0 Å². The van der Waals surface area contributed by atoms with Crippen molar-refractivity contribution in [3.63, 3.8) is 0 Å². The van der Waals surface area contributed by atoms with Crippen LogP contribution in [0.2, 0.25) is 0 Å². The highest BCUT2D eigenvalue weighted by molar-refractivity contribution is 5.92. The van der Waals surface area contributed by atoms with Gasteiger partial charge in [-0.1, -0.05) is 0 Å². The third kappa shape index (κ3) is 2.64. The maximum atomic E-state index is 12.0. The molecule has 1 aromatic heterocycles. The Bertz CT molecular complexity index is 328. The van der Waals surface area contributed by atoms with Crippen molar-refractivity contribution in [2.45, 2.75) is 19.3 Å². The Kier molecular flexibility index (Phi) is 3.62. The number of carbonyl (C=O) groups is 1. The largest absolute Gasteiger partial charge is 0.348 e. The number of piperidine rings is 1. The van der Waals surface area contributed by atoms with Crippen molar-refractivity contribution in [1.29, 1.82) is 0 Å².